The van der Waals surface area contributed by atoms with Crippen LogP contribution < -0.4 is 5.73 Å². The molecule has 1 rings (SSSR count). The van der Waals surface area contributed by atoms with Gasteiger partial charge in [0.15, 0.2) is 9.84 Å². The monoisotopic (exact) mass is 276 g/mol. The molecule has 1 saturated carbocycles. The summed E-state index contributed by atoms with van der Waals surface area (Å²) >= 11 is 0. The average Bonchev–Trinajstić information content (AvgIpc) is 2.78. The van der Waals surface area contributed by atoms with Crippen LogP contribution in [0.2, 0.25) is 0 Å². The third-order valence-corrected chi connectivity index (χ3v) is 5.99. The molecule has 1 aliphatic carbocycles. The number of hydrogen-bond acceptors (Lipinski definition) is 4. The van der Waals surface area contributed by atoms with Crippen LogP contribution in [0.4, 0.5) is 0 Å². The van der Waals surface area contributed by atoms with Gasteiger partial charge in [-0.05, 0) is 39.2 Å². The zero-order valence-electron chi connectivity index (χ0n) is 11.3. The third kappa shape index (κ3) is 3.45. The Kier molecular flexibility index (Phi) is 5.59. The van der Waals surface area contributed by atoms with E-state index in [0.29, 0.717) is 26.1 Å². The first-order valence-corrected chi connectivity index (χ1v) is 8.37. The van der Waals surface area contributed by atoms with Gasteiger partial charge in [0.2, 0.25) is 5.91 Å². The predicted molar refractivity (Wildman–Crippen MR) is 71.9 cm³/mol. The normalized spacial score (nSPS) is 24.2. The highest BCUT2D eigenvalue weighted by molar-refractivity contribution is 7.92. The summed E-state index contributed by atoms with van der Waals surface area (Å²) in [4.78, 5) is 13.4. The van der Waals surface area contributed by atoms with E-state index < -0.39 is 15.1 Å². The molecule has 0 radical (unpaired) electrons. The van der Waals surface area contributed by atoms with Gasteiger partial charge in [-0.2, -0.15) is 0 Å². The van der Waals surface area contributed by atoms with E-state index in [-0.39, 0.29) is 17.6 Å². The fraction of sp³-hybridized carbons (Fsp3) is 0.917. The van der Waals surface area contributed by atoms with Gasteiger partial charge >= 0.3 is 0 Å². The molecular weight excluding hydrogens is 252 g/mol. The van der Waals surface area contributed by atoms with Crippen molar-refractivity contribution in [2.75, 3.05) is 25.4 Å². The number of nitrogens with zero attached hydrogens (tertiary/aromatic N) is 1. The van der Waals surface area contributed by atoms with E-state index in [0.717, 1.165) is 12.8 Å². The van der Waals surface area contributed by atoms with Gasteiger partial charge in [0, 0.05) is 13.1 Å². The summed E-state index contributed by atoms with van der Waals surface area (Å²) in [6, 6.07) is 0. The van der Waals surface area contributed by atoms with Crippen LogP contribution in [0, 0.1) is 5.92 Å². The van der Waals surface area contributed by atoms with Crippen molar-refractivity contribution in [3.8, 4) is 0 Å². The van der Waals surface area contributed by atoms with Gasteiger partial charge in [0.05, 0.1) is 5.25 Å². The average molecular weight is 276 g/mol. The van der Waals surface area contributed by atoms with Crippen LogP contribution in [-0.4, -0.2) is 49.9 Å². The molecule has 5 nitrogen and oxygen atoms in total. The maximum absolute atomic E-state index is 12.2. The number of carbonyl (C=O) groups is 1. The van der Waals surface area contributed by atoms with Crippen LogP contribution >= 0.6 is 0 Å². The second-order valence-electron chi connectivity index (χ2n) is 4.84. The molecule has 1 fully saturated rings. The molecule has 2 N–H and O–H groups in total. The molecule has 0 aromatic carbocycles. The van der Waals surface area contributed by atoms with E-state index in [1.54, 1.807) is 4.90 Å². The largest absolute Gasteiger partial charge is 0.342 e. The van der Waals surface area contributed by atoms with Crippen LogP contribution in [-0.2, 0) is 14.6 Å². The quantitative estimate of drug-likeness (QED) is 0.761. The van der Waals surface area contributed by atoms with Crippen molar-refractivity contribution in [3.05, 3.63) is 0 Å². The Morgan fingerprint density at radius 3 is 2.39 bits per heavy atom. The molecule has 2 unspecified atom stereocenters. The maximum atomic E-state index is 12.2. The standard InChI is InChI=1S/C12H24N2O3S/c1-3-14(4-2)12(15)9-18(16,17)11-7-5-6-10(11)8-13/h10-11H,3-9,13H2,1-2H3. The Morgan fingerprint density at radius 1 is 1.28 bits per heavy atom. The highest BCUT2D eigenvalue weighted by Gasteiger charge is 2.38. The lowest BCUT2D eigenvalue weighted by atomic mass is 10.1. The highest BCUT2D eigenvalue weighted by Crippen LogP contribution is 2.30. The summed E-state index contributed by atoms with van der Waals surface area (Å²) in [7, 11) is -3.36. The third-order valence-electron chi connectivity index (χ3n) is 3.79. The number of rotatable bonds is 6. The van der Waals surface area contributed by atoms with Crippen molar-refractivity contribution in [2.45, 2.75) is 38.4 Å². The number of amides is 1. The van der Waals surface area contributed by atoms with Crippen molar-refractivity contribution in [2.24, 2.45) is 11.7 Å². The lowest BCUT2D eigenvalue weighted by Crippen LogP contribution is -2.40. The molecule has 0 bridgehead atoms. The fourth-order valence-corrected chi connectivity index (χ4v) is 4.79. The smallest absolute Gasteiger partial charge is 0.237 e. The first-order valence-electron chi connectivity index (χ1n) is 6.65. The van der Waals surface area contributed by atoms with Crippen LogP contribution in [0.5, 0.6) is 0 Å². The van der Waals surface area contributed by atoms with Gasteiger partial charge in [0.1, 0.15) is 5.75 Å². The first kappa shape index (κ1) is 15.4. The summed E-state index contributed by atoms with van der Waals surface area (Å²) in [6.07, 6.45) is 2.40. The first-order chi connectivity index (χ1) is 8.46. The molecule has 0 heterocycles. The zero-order chi connectivity index (χ0) is 13.8. The highest BCUT2D eigenvalue weighted by atomic mass is 32.2. The molecule has 0 spiro atoms. The Bertz CT molecular complexity index is 377. The summed E-state index contributed by atoms with van der Waals surface area (Å²) in [6.45, 7) is 5.20. The van der Waals surface area contributed by atoms with Crippen LogP contribution in [0.25, 0.3) is 0 Å². The van der Waals surface area contributed by atoms with E-state index in [1.807, 2.05) is 13.8 Å². The summed E-state index contributed by atoms with van der Waals surface area (Å²) in [5, 5.41) is -0.415. The van der Waals surface area contributed by atoms with Crippen LogP contribution in [0.3, 0.4) is 0 Å². The van der Waals surface area contributed by atoms with E-state index in [9.17, 15) is 13.2 Å². The molecule has 1 aliphatic rings. The molecule has 0 aliphatic heterocycles. The van der Waals surface area contributed by atoms with E-state index in [1.165, 1.54) is 0 Å². The van der Waals surface area contributed by atoms with Gasteiger partial charge in [0.25, 0.3) is 0 Å². The van der Waals surface area contributed by atoms with Crippen molar-refractivity contribution >= 4 is 15.7 Å². The van der Waals surface area contributed by atoms with E-state index >= 15 is 0 Å². The molecule has 0 saturated heterocycles. The molecular formula is C12H24N2O3S. The molecule has 0 aromatic heterocycles. The molecule has 2 atom stereocenters. The van der Waals surface area contributed by atoms with Crippen molar-refractivity contribution in [3.63, 3.8) is 0 Å². The van der Waals surface area contributed by atoms with Gasteiger partial charge < -0.3 is 10.6 Å². The van der Waals surface area contributed by atoms with Gasteiger partial charge in [-0.15, -0.1) is 0 Å². The number of carbonyl (C=O) groups excluding carboxylic acids is 1. The van der Waals surface area contributed by atoms with E-state index in [4.69, 9.17) is 5.73 Å². The van der Waals surface area contributed by atoms with Crippen LogP contribution in [0.15, 0.2) is 0 Å². The number of hydrogen-bond donors (Lipinski definition) is 1. The molecule has 18 heavy (non-hydrogen) atoms. The minimum atomic E-state index is -3.36. The Morgan fingerprint density at radius 2 is 1.89 bits per heavy atom. The van der Waals surface area contributed by atoms with Crippen molar-refractivity contribution < 1.29 is 13.2 Å². The summed E-state index contributed by atoms with van der Waals surface area (Å²) in [5.74, 6) is -0.627. The lowest BCUT2D eigenvalue weighted by molar-refractivity contribution is -0.128. The second kappa shape index (κ2) is 6.52. The summed E-state index contributed by atoms with van der Waals surface area (Å²) < 4.78 is 24.5. The van der Waals surface area contributed by atoms with Gasteiger partial charge in [-0.25, -0.2) is 8.42 Å². The zero-order valence-corrected chi connectivity index (χ0v) is 12.1. The molecule has 6 heteroatoms. The SMILES string of the molecule is CCN(CC)C(=O)CS(=O)(=O)C1CCCC1CN. The Hall–Kier alpha value is -0.620. The Balaban J connectivity index is 2.73. The fourth-order valence-electron chi connectivity index (χ4n) is 2.69. The summed E-state index contributed by atoms with van der Waals surface area (Å²) in [5.41, 5.74) is 5.60. The molecule has 106 valence electrons. The number of sulfone groups is 1. The Labute approximate surface area is 110 Å². The second-order valence-corrected chi connectivity index (χ2v) is 7.06. The minimum absolute atomic E-state index is 0.0273. The van der Waals surface area contributed by atoms with Crippen molar-refractivity contribution in [1.82, 2.24) is 4.90 Å². The van der Waals surface area contributed by atoms with Crippen molar-refractivity contribution in [1.29, 1.82) is 0 Å². The predicted octanol–water partition coefficient (Wildman–Crippen LogP) is 0.397. The minimum Gasteiger partial charge on any atom is -0.342 e. The lowest BCUT2D eigenvalue weighted by Gasteiger charge is -2.22. The van der Waals surface area contributed by atoms with Gasteiger partial charge in [-0.3, -0.25) is 4.79 Å². The molecule has 0 aromatic rings. The maximum Gasteiger partial charge on any atom is 0.237 e. The van der Waals surface area contributed by atoms with E-state index in [2.05, 4.69) is 0 Å². The topological polar surface area (TPSA) is 80.5 Å². The molecule has 1 amide bonds. The number of nitrogens with two attached hydrogens (primary N) is 1. The van der Waals surface area contributed by atoms with Gasteiger partial charge in [-0.1, -0.05) is 6.42 Å². The van der Waals surface area contributed by atoms with Crippen LogP contribution in [0.1, 0.15) is 33.1 Å².